The first-order valence-electron chi connectivity index (χ1n) is 6.35. The summed E-state index contributed by atoms with van der Waals surface area (Å²) >= 11 is 0. The average Bonchev–Trinajstić information content (AvgIpc) is 2.64. The van der Waals surface area contributed by atoms with E-state index in [0.717, 1.165) is 6.54 Å². The van der Waals surface area contributed by atoms with Crippen molar-refractivity contribution in [2.24, 2.45) is 0 Å². The highest BCUT2D eigenvalue weighted by Gasteiger charge is 2.35. The summed E-state index contributed by atoms with van der Waals surface area (Å²) < 4.78 is 11.1. The summed E-state index contributed by atoms with van der Waals surface area (Å²) in [7, 11) is 1.72. The van der Waals surface area contributed by atoms with Crippen molar-refractivity contribution < 1.29 is 9.47 Å². The molecule has 0 bridgehead atoms. The normalized spacial score (nSPS) is 20.2. The summed E-state index contributed by atoms with van der Waals surface area (Å²) in [6, 6.07) is 0. The zero-order chi connectivity index (χ0) is 12.1. The lowest BCUT2D eigenvalue weighted by Gasteiger charge is -2.33. The van der Waals surface area contributed by atoms with Crippen molar-refractivity contribution in [1.29, 1.82) is 0 Å². The Bertz CT molecular complexity index is 193. The number of hydrogen-bond acceptors (Lipinski definition) is 3. The molecule has 1 saturated carbocycles. The van der Waals surface area contributed by atoms with Crippen LogP contribution in [0.25, 0.3) is 0 Å². The highest BCUT2D eigenvalue weighted by Crippen LogP contribution is 2.33. The van der Waals surface area contributed by atoms with Crippen LogP contribution in [0.5, 0.6) is 0 Å². The lowest BCUT2D eigenvalue weighted by Crippen LogP contribution is -2.48. The highest BCUT2D eigenvalue weighted by atomic mass is 16.5. The SMILES string of the molecule is COCCOC1(CNC(C)(C)C)CCCC1. The second-order valence-electron chi connectivity index (χ2n) is 5.83. The van der Waals surface area contributed by atoms with Gasteiger partial charge in [0.05, 0.1) is 18.8 Å². The van der Waals surface area contributed by atoms with Crippen LogP contribution in [0.1, 0.15) is 46.5 Å². The van der Waals surface area contributed by atoms with Gasteiger partial charge in [-0.05, 0) is 33.6 Å². The predicted molar refractivity (Wildman–Crippen MR) is 66.8 cm³/mol. The number of rotatable bonds is 6. The van der Waals surface area contributed by atoms with Gasteiger partial charge in [0, 0.05) is 19.2 Å². The lowest BCUT2D eigenvalue weighted by atomic mass is 9.99. The van der Waals surface area contributed by atoms with E-state index in [2.05, 4.69) is 26.1 Å². The maximum absolute atomic E-state index is 6.04. The molecule has 1 rings (SSSR count). The maximum atomic E-state index is 6.04. The van der Waals surface area contributed by atoms with E-state index in [1.54, 1.807) is 7.11 Å². The van der Waals surface area contributed by atoms with Crippen LogP contribution in [0.2, 0.25) is 0 Å². The van der Waals surface area contributed by atoms with Crippen molar-refractivity contribution in [1.82, 2.24) is 5.32 Å². The Hall–Kier alpha value is -0.120. The molecule has 1 fully saturated rings. The first-order valence-corrected chi connectivity index (χ1v) is 6.35. The molecule has 0 unspecified atom stereocenters. The van der Waals surface area contributed by atoms with E-state index in [0.29, 0.717) is 13.2 Å². The standard InChI is InChI=1S/C13H27NO2/c1-12(2,3)14-11-13(7-5-6-8-13)16-10-9-15-4/h14H,5-11H2,1-4H3. The Morgan fingerprint density at radius 2 is 1.75 bits per heavy atom. The number of ether oxygens (including phenoxy) is 2. The first-order chi connectivity index (χ1) is 7.47. The lowest BCUT2D eigenvalue weighted by molar-refractivity contribution is -0.0599. The molecule has 0 amide bonds. The molecule has 0 atom stereocenters. The van der Waals surface area contributed by atoms with Gasteiger partial charge in [0.2, 0.25) is 0 Å². The molecule has 16 heavy (non-hydrogen) atoms. The van der Waals surface area contributed by atoms with Crippen molar-refractivity contribution in [3.05, 3.63) is 0 Å². The molecular formula is C13H27NO2. The smallest absolute Gasteiger partial charge is 0.0807 e. The molecule has 0 aliphatic heterocycles. The Balaban J connectivity index is 2.39. The number of nitrogens with one attached hydrogen (secondary N) is 1. The quantitative estimate of drug-likeness (QED) is 0.709. The second-order valence-corrected chi connectivity index (χ2v) is 5.83. The fourth-order valence-electron chi connectivity index (χ4n) is 2.16. The Morgan fingerprint density at radius 1 is 1.12 bits per heavy atom. The van der Waals surface area contributed by atoms with Crippen molar-refractivity contribution >= 4 is 0 Å². The molecule has 1 N–H and O–H groups in total. The van der Waals surface area contributed by atoms with Gasteiger partial charge in [-0.25, -0.2) is 0 Å². The van der Waals surface area contributed by atoms with Gasteiger partial charge in [0.15, 0.2) is 0 Å². The summed E-state index contributed by atoms with van der Waals surface area (Å²) in [6.45, 7) is 8.96. The predicted octanol–water partition coefficient (Wildman–Crippen LogP) is 2.35. The van der Waals surface area contributed by atoms with Crippen LogP contribution in [-0.2, 0) is 9.47 Å². The van der Waals surface area contributed by atoms with E-state index >= 15 is 0 Å². The molecule has 0 radical (unpaired) electrons. The molecule has 0 saturated heterocycles. The van der Waals surface area contributed by atoms with E-state index in [-0.39, 0.29) is 11.1 Å². The summed E-state index contributed by atoms with van der Waals surface area (Å²) in [4.78, 5) is 0. The third-order valence-electron chi connectivity index (χ3n) is 3.15. The topological polar surface area (TPSA) is 30.5 Å². The minimum Gasteiger partial charge on any atom is -0.382 e. The molecule has 0 aromatic carbocycles. The van der Waals surface area contributed by atoms with Gasteiger partial charge in [-0.15, -0.1) is 0 Å². The molecule has 96 valence electrons. The Morgan fingerprint density at radius 3 is 2.25 bits per heavy atom. The van der Waals surface area contributed by atoms with Crippen LogP contribution in [0.15, 0.2) is 0 Å². The van der Waals surface area contributed by atoms with E-state index in [4.69, 9.17) is 9.47 Å². The molecule has 1 aliphatic rings. The van der Waals surface area contributed by atoms with Gasteiger partial charge in [-0.3, -0.25) is 0 Å². The van der Waals surface area contributed by atoms with Gasteiger partial charge in [0.25, 0.3) is 0 Å². The van der Waals surface area contributed by atoms with Gasteiger partial charge < -0.3 is 14.8 Å². The van der Waals surface area contributed by atoms with Gasteiger partial charge in [-0.1, -0.05) is 12.8 Å². The largest absolute Gasteiger partial charge is 0.382 e. The third-order valence-corrected chi connectivity index (χ3v) is 3.15. The van der Waals surface area contributed by atoms with Crippen LogP contribution in [0.4, 0.5) is 0 Å². The van der Waals surface area contributed by atoms with Crippen molar-refractivity contribution in [3.8, 4) is 0 Å². The van der Waals surface area contributed by atoms with Gasteiger partial charge in [0.1, 0.15) is 0 Å². The monoisotopic (exact) mass is 229 g/mol. The molecule has 0 spiro atoms. The Labute approximate surface area is 99.9 Å². The van der Waals surface area contributed by atoms with E-state index in [9.17, 15) is 0 Å². The van der Waals surface area contributed by atoms with Gasteiger partial charge in [-0.2, -0.15) is 0 Å². The zero-order valence-electron chi connectivity index (χ0n) is 11.3. The Kier molecular flexibility index (Phi) is 5.22. The fraction of sp³-hybridized carbons (Fsp3) is 1.00. The minimum absolute atomic E-state index is 0.0613. The van der Waals surface area contributed by atoms with Crippen LogP contribution in [-0.4, -0.2) is 38.0 Å². The molecule has 0 aromatic rings. The number of methoxy groups -OCH3 is 1. The molecule has 1 aliphatic carbocycles. The molecular weight excluding hydrogens is 202 g/mol. The summed E-state index contributed by atoms with van der Waals surface area (Å²) in [5.41, 5.74) is 0.228. The summed E-state index contributed by atoms with van der Waals surface area (Å²) in [5.74, 6) is 0. The first kappa shape index (κ1) is 13.9. The summed E-state index contributed by atoms with van der Waals surface area (Å²) in [5, 5.41) is 3.57. The molecule has 3 heteroatoms. The zero-order valence-corrected chi connectivity index (χ0v) is 11.3. The summed E-state index contributed by atoms with van der Waals surface area (Å²) in [6.07, 6.45) is 4.94. The average molecular weight is 229 g/mol. The second kappa shape index (κ2) is 5.99. The number of hydrogen-bond donors (Lipinski definition) is 1. The maximum Gasteiger partial charge on any atom is 0.0807 e. The fourth-order valence-corrected chi connectivity index (χ4v) is 2.16. The van der Waals surface area contributed by atoms with E-state index in [1.807, 2.05) is 0 Å². The molecule has 0 aromatic heterocycles. The van der Waals surface area contributed by atoms with Crippen LogP contribution < -0.4 is 5.32 Å². The van der Waals surface area contributed by atoms with Crippen LogP contribution in [0.3, 0.4) is 0 Å². The van der Waals surface area contributed by atoms with E-state index in [1.165, 1.54) is 25.7 Å². The van der Waals surface area contributed by atoms with Crippen molar-refractivity contribution in [2.45, 2.75) is 57.6 Å². The third kappa shape index (κ3) is 4.81. The molecule has 3 nitrogen and oxygen atoms in total. The van der Waals surface area contributed by atoms with Crippen LogP contribution >= 0.6 is 0 Å². The minimum atomic E-state index is 0.0613. The van der Waals surface area contributed by atoms with Crippen molar-refractivity contribution in [3.63, 3.8) is 0 Å². The van der Waals surface area contributed by atoms with Gasteiger partial charge >= 0.3 is 0 Å². The highest BCUT2D eigenvalue weighted by molar-refractivity contribution is 4.90. The van der Waals surface area contributed by atoms with Crippen molar-refractivity contribution in [2.75, 3.05) is 26.9 Å². The molecule has 0 heterocycles. The van der Waals surface area contributed by atoms with E-state index < -0.39 is 0 Å². The van der Waals surface area contributed by atoms with Crippen LogP contribution in [0, 0.1) is 0 Å².